The Morgan fingerprint density at radius 1 is 1.00 bits per heavy atom. The van der Waals surface area contributed by atoms with E-state index in [-0.39, 0.29) is 5.78 Å². The van der Waals surface area contributed by atoms with Crippen LogP contribution in [-0.2, 0) is 12.8 Å². The molecule has 3 rings (SSSR count). The van der Waals surface area contributed by atoms with Gasteiger partial charge in [0, 0.05) is 26.6 Å². The zero-order chi connectivity index (χ0) is 14.8. The SMILES string of the molecule is CCc1ccc(C(=O)c2csc3ccccc23)cc1CC. The number of carbonyl (C=O) groups is 1. The first-order valence-corrected chi connectivity index (χ1v) is 8.25. The number of hydrogen-bond donors (Lipinski definition) is 0. The third-order valence-electron chi connectivity index (χ3n) is 3.96. The van der Waals surface area contributed by atoms with Crippen LogP contribution in [0.1, 0.15) is 40.9 Å². The molecular formula is C19H18OS. The van der Waals surface area contributed by atoms with E-state index >= 15 is 0 Å². The minimum atomic E-state index is 0.129. The molecule has 0 fully saturated rings. The molecule has 0 atom stereocenters. The molecule has 21 heavy (non-hydrogen) atoms. The zero-order valence-corrected chi connectivity index (χ0v) is 13.2. The molecule has 0 spiro atoms. The summed E-state index contributed by atoms with van der Waals surface area (Å²) in [6.07, 6.45) is 1.98. The summed E-state index contributed by atoms with van der Waals surface area (Å²) in [7, 11) is 0. The van der Waals surface area contributed by atoms with Crippen LogP contribution in [-0.4, -0.2) is 5.78 Å². The number of fused-ring (bicyclic) bond motifs is 1. The first kappa shape index (κ1) is 14.0. The molecule has 0 aliphatic heterocycles. The van der Waals surface area contributed by atoms with E-state index in [4.69, 9.17) is 0 Å². The molecule has 0 aliphatic carbocycles. The number of carbonyl (C=O) groups excluding carboxylic acids is 1. The van der Waals surface area contributed by atoms with E-state index in [9.17, 15) is 4.79 Å². The standard InChI is InChI=1S/C19H18OS/c1-3-13-9-10-15(11-14(13)4-2)19(20)17-12-21-18-8-6-5-7-16(17)18/h5-12H,3-4H2,1-2H3. The highest BCUT2D eigenvalue weighted by Gasteiger charge is 2.15. The smallest absolute Gasteiger partial charge is 0.194 e. The molecule has 0 bridgehead atoms. The Balaban J connectivity index is 2.06. The van der Waals surface area contributed by atoms with Crippen LogP contribution in [0.3, 0.4) is 0 Å². The van der Waals surface area contributed by atoms with Crippen molar-refractivity contribution in [3.05, 3.63) is 70.1 Å². The van der Waals surface area contributed by atoms with Crippen LogP contribution in [0.5, 0.6) is 0 Å². The summed E-state index contributed by atoms with van der Waals surface area (Å²) in [5.74, 6) is 0.129. The highest BCUT2D eigenvalue weighted by molar-refractivity contribution is 7.17. The van der Waals surface area contributed by atoms with Gasteiger partial charge < -0.3 is 0 Å². The van der Waals surface area contributed by atoms with Gasteiger partial charge in [-0.1, -0.05) is 44.2 Å². The van der Waals surface area contributed by atoms with Crippen LogP contribution in [0, 0.1) is 0 Å². The van der Waals surface area contributed by atoms with Gasteiger partial charge in [0.2, 0.25) is 0 Å². The topological polar surface area (TPSA) is 17.1 Å². The Kier molecular flexibility index (Phi) is 3.89. The Morgan fingerprint density at radius 3 is 2.52 bits per heavy atom. The van der Waals surface area contributed by atoms with Crippen molar-refractivity contribution < 1.29 is 4.79 Å². The number of rotatable bonds is 4. The van der Waals surface area contributed by atoms with Crippen molar-refractivity contribution in [2.24, 2.45) is 0 Å². The fourth-order valence-electron chi connectivity index (χ4n) is 2.75. The van der Waals surface area contributed by atoms with Gasteiger partial charge in [-0.25, -0.2) is 0 Å². The molecule has 0 amide bonds. The van der Waals surface area contributed by atoms with Crippen LogP contribution >= 0.6 is 11.3 Å². The van der Waals surface area contributed by atoms with Crippen LogP contribution in [0.25, 0.3) is 10.1 Å². The molecule has 0 aliphatic rings. The molecule has 0 saturated carbocycles. The lowest BCUT2D eigenvalue weighted by molar-refractivity contribution is 0.104. The molecule has 106 valence electrons. The van der Waals surface area contributed by atoms with Crippen molar-refractivity contribution in [2.45, 2.75) is 26.7 Å². The predicted octanol–water partition coefficient (Wildman–Crippen LogP) is 5.26. The van der Waals surface area contributed by atoms with Crippen LogP contribution in [0.15, 0.2) is 47.8 Å². The maximum atomic E-state index is 12.8. The van der Waals surface area contributed by atoms with Gasteiger partial charge in [-0.2, -0.15) is 0 Å². The number of benzene rings is 2. The second-order valence-electron chi connectivity index (χ2n) is 5.17. The number of thiophene rings is 1. The van der Waals surface area contributed by atoms with Gasteiger partial charge in [0.05, 0.1) is 0 Å². The lowest BCUT2D eigenvalue weighted by Gasteiger charge is -2.08. The number of aryl methyl sites for hydroxylation is 2. The van der Waals surface area contributed by atoms with Crippen LogP contribution in [0.4, 0.5) is 0 Å². The molecule has 0 N–H and O–H groups in total. The molecule has 2 aromatic carbocycles. The van der Waals surface area contributed by atoms with Crippen LogP contribution < -0.4 is 0 Å². The Hall–Kier alpha value is -1.93. The fraction of sp³-hybridized carbons (Fsp3) is 0.211. The van der Waals surface area contributed by atoms with Gasteiger partial charge in [-0.3, -0.25) is 4.79 Å². The lowest BCUT2D eigenvalue weighted by atomic mass is 9.96. The van der Waals surface area contributed by atoms with E-state index in [0.29, 0.717) is 0 Å². The molecule has 1 aromatic heterocycles. The van der Waals surface area contributed by atoms with Crippen molar-refractivity contribution >= 4 is 27.2 Å². The molecule has 3 aromatic rings. The van der Waals surface area contributed by atoms with Gasteiger partial charge in [0.15, 0.2) is 5.78 Å². The van der Waals surface area contributed by atoms with Crippen molar-refractivity contribution in [1.29, 1.82) is 0 Å². The first-order valence-electron chi connectivity index (χ1n) is 7.37. The van der Waals surface area contributed by atoms with Gasteiger partial charge in [-0.05, 0) is 36.1 Å². The van der Waals surface area contributed by atoms with E-state index < -0.39 is 0 Å². The molecule has 2 heteroatoms. The maximum Gasteiger partial charge on any atom is 0.194 e. The van der Waals surface area contributed by atoms with Crippen molar-refractivity contribution in [2.75, 3.05) is 0 Å². The average Bonchev–Trinajstić information content (AvgIpc) is 2.97. The van der Waals surface area contributed by atoms with Gasteiger partial charge in [0.25, 0.3) is 0 Å². The number of hydrogen-bond acceptors (Lipinski definition) is 2. The third-order valence-corrected chi connectivity index (χ3v) is 4.92. The van der Waals surface area contributed by atoms with Crippen molar-refractivity contribution in [1.82, 2.24) is 0 Å². The quantitative estimate of drug-likeness (QED) is 0.600. The average molecular weight is 294 g/mol. The van der Waals surface area contributed by atoms with Crippen molar-refractivity contribution in [3.8, 4) is 0 Å². The highest BCUT2D eigenvalue weighted by atomic mass is 32.1. The molecule has 0 saturated heterocycles. The summed E-state index contributed by atoms with van der Waals surface area (Å²) in [6, 6.07) is 14.2. The van der Waals surface area contributed by atoms with E-state index in [1.807, 2.05) is 29.6 Å². The van der Waals surface area contributed by atoms with E-state index in [1.54, 1.807) is 11.3 Å². The van der Waals surface area contributed by atoms with E-state index in [1.165, 1.54) is 15.8 Å². The number of ketones is 1. The Labute approximate surface area is 129 Å². The van der Waals surface area contributed by atoms with Gasteiger partial charge in [0.1, 0.15) is 0 Å². The minimum Gasteiger partial charge on any atom is -0.289 e. The van der Waals surface area contributed by atoms with E-state index in [2.05, 4.69) is 32.0 Å². The first-order chi connectivity index (χ1) is 10.2. The Morgan fingerprint density at radius 2 is 1.76 bits per heavy atom. The largest absolute Gasteiger partial charge is 0.289 e. The van der Waals surface area contributed by atoms with Gasteiger partial charge in [-0.15, -0.1) is 11.3 Å². The molecular weight excluding hydrogens is 276 g/mol. The van der Waals surface area contributed by atoms with Crippen LogP contribution in [0.2, 0.25) is 0 Å². The summed E-state index contributed by atoms with van der Waals surface area (Å²) in [4.78, 5) is 12.8. The van der Waals surface area contributed by atoms with Crippen molar-refractivity contribution in [3.63, 3.8) is 0 Å². The molecule has 1 heterocycles. The Bertz CT molecular complexity index is 798. The fourth-order valence-corrected chi connectivity index (χ4v) is 3.69. The third kappa shape index (κ3) is 2.52. The molecule has 0 radical (unpaired) electrons. The van der Waals surface area contributed by atoms with E-state index in [0.717, 1.165) is 29.4 Å². The lowest BCUT2D eigenvalue weighted by Crippen LogP contribution is -2.02. The summed E-state index contributed by atoms with van der Waals surface area (Å²) in [6.45, 7) is 4.30. The highest BCUT2D eigenvalue weighted by Crippen LogP contribution is 2.28. The molecule has 1 nitrogen and oxygen atoms in total. The molecule has 0 unspecified atom stereocenters. The second-order valence-corrected chi connectivity index (χ2v) is 6.08. The summed E-state index contributed by atoms with van der Waals surface area (Å²) in [5, 5.41) is 3.04. The van der Waals surface area contributed by atoms with Gasteiger partial charge >= 0.3 is 0 Å². The maximum absolute atomic E-state index is 12.8. The summed E-state index contributed by atoms with van der Waals surface area (Å²) in [5.41, 5.74) is 4.24. The minimum absolute atomic E-state index is 0.129. The second kappa shape index (κ2) is 5.82. The monoisotopic (exact) mass is 294 g/mol. The zero-order valence-electron chi connectivity index (χ0n) is 12.3. The summed E-state index contributed by atoms with van der Waals surface area (Å²) >= 11 is 1.63. The normalized spacial score (nSPS) is 11.0. The predicted molar refractivity (Wildman–Crippen MR) is 90.5 cm³/mol. The summed E-state index contributed by atoms with van der Waals surface area (Å²) < 4.78 is 1.17.